The Bertz CT molecular complexity index is 953. The van der Waals surface area contributed by atoms with Crippen molar-refractivity contribution >= 4 is 10.1 Å². The average molecular weight is 421 g/mol. The molecule has 0 N–H and O–H groups in total. The lowest BCUT2D eigenvalue weighted by atomic mass is 9.66. The Hall–Kier alpha value is -1.76. The molecule has 0 fully saturated rings. The molecule has 0 aromatic heterocycles. The van der Waals surface area contributed by atoms with Crippen molar-refractivity contribution < 1.29 is 21.7 Å². The van der Waals surface area contributed by atoms with Crippen LogP contribution in [-0.4, -0.2) is 27.7 Å². The van der Waals surface area contributed by atoms with E-state index in [-0.39, 0.29) is 29.2 Å². The number of aryl methyl sites for hydroxylation is 2. The molecule has 1 aliphatic carbocycles. The van der Waals surface area contributed by atoms with Crippen LogP contribution in [0.3, 0.4) is 0 Å². The summed E-state index contributed by atoms with van der Waals surface area (Å²) in [4.78, 5) is 0.152. The molecule has 2 atom stereocenters. The summed E-state index contributed by atoms with van der Waals surface area (Å²) >= 11 is 0. The molecule has 0 spiro atoms. The quantitative estimate of drug-likeness (QED) is 0.592. The second-order valence-corrected chi connectivity index (χ2v) is 9.79. The van der Waals surface area contributed by atoms with Crippen molar-refractivity contribution in [1.82, 2.24) is 0 Å². The van der Waals surface area contributed by atoms with Crippen LogP contribution in [0.1, 0.15) is 49.3 Å². The molecule has 6 heteroatoms. The van der Waals surface area contributed by atoms with Gasteiger partial charge in [0.1, 0.15) is 5.82 Å². The van der Waals surface area contributed by atoms with E-state index < -0.39 is 15.7 Å². The molecule has 0 radical (unpaired) electrons. The Morgan fingerprint density at radius 1 is 1.17 bits per heavy atom. The van der Waals surface area contributed by atoms with Gasteiger partial charge in [0.05, 0.1) is 17.1 Å². The van der Waals surface area contributed by atoms with E-state index in [1.165, 1.54) is 6.07 Å². The van der Waals surface area contributed by atoms with Crippen LogP contribution in [0.4, 0.5) is 4.39 Å². The zero-order valence-electron chi connectivity index (χ0n) is 17.4. The van der Waals surface area contributed by atoms with Gasteiger partial charge >= 0.3 is 0 Å². The topological polar surface area (TPSA) is 52.6 Å². The maximum atomic E-state index is 13.7. The van der Waals surface area contributed by atoms with Gasteiger partial charge in [-0.1, -0.05) is 37.6 Å². The standard InChI is InChI=1S/C23H29FO4S/c1-16(2)22-21-10-7-19(24)15-18(21)11-12-23(22,27-4)13-14-28-29(25,26)20-8-5-17(3)6-9-20/h5-10,15-16,22H,11-14H2,1-4H3/t22-,23-/m0/s1. The molecule has 0 aliphatic heterocycles. The van der Waals surface area contributed by atoms with E-state index in [0.29, 0.717) is 19.3 Å². The highest BCUT2D eigenvalue weighted by molar-refractivity contribution is 7.86. The first-order valence-corrected chi connectivity index (χ1v) is 11.4. The van der Waals surface area contributed by atoms with Gasteiger partial charge < -0.3 is 4.74 Å². The van der Waals surface area contributed by atoms with Gasteiger partial charge in [-0.15, -0.1) is 0 Å². The van der Waals surface area contributed by atoms with Crippen molar-refractivity contribution in [1.29, 1.82) is 0 Å². The lowest BCUT2D eigenvalue weighted by molar-refractivity contribution is -0.0691. The number of fused-ring (bicyclic) bond motifs is 1. The smallest absolute Gasteiger partial charge is 0.296 e. The fraction of sp³-hybridized carbons (Fsp3) is 0.478. The number of ether oxygens (including phenoxy) is 1. The molecular weight excluding hydrogens is 391 g/mol. The highest BCUT2D eigenvalue weighted by Gasteiger charge is 2.45. The summed E-state index contributed by atoms with van der Waals surface area (Å²) in [5.74, 6) is 0.0411. The van der Waals surface area contributed by atoms with E-state index in [4.69, 9.17) is 8.92 Å². The maximum absolute atomic E-state index is 13.7. The minimum absolute atomic E-state index is 0.0301. The Kier molecular flexibility index (Phi) is 6.46. The van der Waals surface area contributed by atoms with Crippen LogP contribution < -0.4 is 0 Å². The predicted molar refractivity (Wildman–Crippen MR) is 111 cm³/mol. The van der Waals surface area contributed by atoms with Crippen LogP contribution in [0.5, 0.6) is 0 Å². The Morgan fingerprint density at radius 3 is 2.48 bits per heavy atom. The largest absolute Gasteiger partial charge is 0.377 e. The first kappa shape index (κ1) is 21.9. The van der Waals surface area contributed by atoms with E-state index in [9.17, 15) is 12.8 Å². The van der Waals surface area contributed by atoms with Crippen molar-refractivity contribution in [2.24, 2.45) is 5.92 Å². The first-order chi connectivity index (χ1) is 13.7. The summed E-state index contributed by atoms with van der Waals surface area (Å²) in [7, 11) is -2.16. The zero-order valence-corrected chi connectivity index (χ0v) is 18.3. The molecule has 2 aromatic rings. The number of benzene rings is 2. The molecule has 29 heavy (non-hydrogen) atoms. The number of rotatable bonds is 7. The highest BCUT2D eigenvalue weighted by Crippen LogP contribution is 2.47. The molecule has 0 saturated carbocycles. The first-order valence-electron chi connectivity index (χ1n) is 9.98. The molecule has 1 aliphatic rings. The summed E-state index contributed by atoms with van der Waals surface area (Å²) in [5.41, 5.74) is 2.52. The fourth-order valence-corrected chi connectivity index (χ4v) is 5.46. The van der Waals surface area contributed by atoms with Crippen LogP contribution in [0.25, 0.3) is 0 Å². The van der Waals surface area contributed by atoms with E-state index in [2.05, 4.69) is 13.8 Å². The SMILES string of the molecule is CO[C@]1(CCOS(=O)(=O)c2ccc(C)cc2)CCc2cc(F)ccc2[C@@H]1C(C)C. The fourth-order valence-electron chi connectivity index (χ4n) is 4.55. The Morgan fingerprint density at radius 2 is 1.86 bits per heavy atom. The van der Waals surface area contributed by atoms with Gasteiger partial charge in [0.15, 0.2) is 0 Å². The monoisotopic (exact) mass is 420 g/mol. The van der Waals surface area contributed by atoms with E-state index >= 15 is 0 Å². The number of hydrogen-bond donors (Lipinski definition) is 0. The van der Waals surface area contributed by atoms with Gasteiger partial charge in [0.2, 0.25) is 0 Å². The van der Waals surface area contributed by atoms with Crippen LogP contribution in [0.15, 0.2) is 47.4 Å². The van der Waals surface area contributed by atoms with E-state index in [0.717, 1.165) is 16.7 Å². The molecule has 0 amide bonds. The summed E-state index contributed by atoms with van der Waals surface area (Å²) in [6.07, 6.45) is 1.82. The van der Waals surface area contributed by atoms with Gasteiger partial charge in [-0.25, -0.2) is 4.39 Å². The zero-order chi connectivity index (χ0) is 21.2. The summed E-state index contributed by atoms with van der Waals surface area (Å²) < 4.78 is 50.1. The normalized spacial score (nSPS) is 21.9. The second-order valence-electron chi connectivity index (χ2n) is 8.17. The maximum Gasteiger partial charge on any atom is 0.296 e. The molecule has 3 rings (SSSR count). The van der Waals surface area contributed by atoms with Crippen LogP contribution in [0.2, 0.25) is 0 Å². The Balaban J connectivity index is 1.80. The van der Waals surface area contributed by atoms with Gasteiger partial charge in [-0.2, -0.15) is 8.42 Å². The minimum atomic E-state index is -3.82. The molecular formula is C23H29FO4S. The summed E-state index contributed by atoms with van der Waals surface area (Å²) in [6, 6.07) is 11.5. The third-order valence-corrected chi connectivity index (χ3v) is 7.30. The van der Waals surface area contributed by atoms with Crippen LogP contribution >= 0.6 is 0 Å². The summed E-state index contributed by atoms with van der Waals surface area (Å²) in [5, 5.41) is 0. The third-order valence-electron chi connectivity index (χ3n) is 5.97. The van der Waals surface area contributed by atoms with Crippen molar-refractivity contribution in [3.05, 3.63) is 65.0 Å². The van der Waals surface area contributed by atoms with E-state index in [1.54, 1.807) is 37.4 Å². The van der Waals surface area contributed by atoms with Crippen molar-refractivity contribution in [3.8, 4) is 0 Å². The van der Waals surface area contributed by atoms with Gasteiger partial charge in [-0.05, 0) is 61.1 Å². The number of methoxy groups -OCH3 is 1. The Labute approximate surface area is 173 Å². The van der Waals surface area contributed by atoms with Gasteiger partial charge in [0, 0.05) is 19.4 Å². The van der Waals surface area contributed by atoms with Crippen LogP contribution in [-0.2, 0) is 25.5 Å². The van der Waals surface area contributed by atoms with Gasteiger partial charge in [-0.3, -0.25) is 4.18 Å². The average Bonchev–Trinajstić information content (AvgIpc) is 2.67. The second kappa shape index (κ2) is 8.54. The van der Waals surface area contributed by atoms with Crippen molar-refractivity contribution in [2.75, 3.05) is 13.7 Å². The molecule has 0 saturated heterocycles. The molecule has 158 valence electrons. The van der Waals surface area contributed by atoms with Crippen molar-refractivity contribution in [3.63, 3.8) is 0 Å². The highest BCUT2D eigenvalue weighted by atomic mass is 32.2. The minimum Gasteiger partial charge on any atom is -0.377 e. The molecule has 4 nitrogen and oxygen atoms in total. The third kappa shape index (κ3) is 4.55. The lowest BCUT2D eigenvalue weighted by Crippen LogP contribution is -2.45. The number of halogens is 1. The van der Waals surface area contributed by atoms with E-state index in [1.807, 2.05) is 13.0 Å². The van der Waals surface area contributed by atoms with Crippen LogP contribution in [0, 0.1) is 18.7 Å². The molecule has 0 heterocycles. The molecule has 2 aromatic carbocycles. The lowest BCUT2D eigenvalue weighted by Gasteiger charge is -2.46. The molecule has 0 bridgehead atoms. The van der Waals surface area contributed by atoms with Gasteiger partial charge in [0.25, 0.3) is 10.1 Å². The molecule has 0 unspecified atom stereocenters. The predicted octanol–water partition coefficient (Wildman–Crippen LogP) is 5.00. The van der Waals surface area contributed by atoms with Crippen molar-refractivity contribution in [2.45, 2.75) is 56.4 Å². The summed E-state index contributed by atoms with van der Waals surface area (Å²) in [6.45, 7) is 6.16. The number of hydrogen-bond acceptors (Lipinski definition) is 4.